The molecule has 1 fully saturated rings. The second-order valence-corrected chi connectivity index (χ2v) is 7.34. The van der Waals surface area contributed by atoms with E-state index in [1.165, 1.54) is 24.1 Å². The van der Waals surface area contributed by atoms with Crippen molar-refractivity contribution >= 4 is 29.9 Å². The van der Waals surface area contributed by atoms with Crippen LogP contribution in [-0.2, 0) is 13.5 Å². The number of likely N-dealkylation sites (N-methyl/N-ethyl adjacent to an activating group) is 1. The molecule has 0 bridgehead atoms. The van der Waals surface area contributed by atoms with Crippen LogP contribution in [0.25, 0.3) is 0 Å². The molecule has 2 rings (SSSR count). The van der Waals surface area contributed by atoms with Crippen LogP contribution in [0.1, 0.15) is 36.7 Å². The van der Waals surface area contributed by atoms with Gasteiger partial charge in [0, 0.05) is 38.4 Å². The molecule has 1 aliphatic rings. The number of guanidine groups is 1. The maximum Gasteiger partial charge on any atom is 0.191 e. The van der Waals surface area contributed by atoms with E-state index in [-0.39, 0.29) is 24.0 Å². The van der Waals surface area contributed by atoms with Crippen LogP contribution in [0.2, 0.25) is 0 Å². The van der Waals surface area contributed by atoms with E-state index in [0.717, 1.165) is 30.5 Å². The second kappa shape index (κ2) is 9.75. The van der Waals surface area contributed by atoms with Crippen molar-refractivity contribution < 1.29 is 0 Å². The number of halogens is 1. The summed E-state index contributed by atoms with van der Waals surface area (Å²) in [5.74, 6) is 1.72. The number of hydrogen-bond acceptors (Lipinski definition) is 3. The zero-order chi connectivity index (χ0) is 17.9. The Bertz CT molecular complexity index is 574. The van der Waals surface area contributed by atoms with E-state index >= 15 is 0 Å². The van der Waals surface area contributed by atoms with Gasteiger partial charge in [0.2, 0.25) is 0 Å². The molecule has 0 aliphatic heterocycles. The van der Waals surface area contributed by atoms with Gasteiger partial charge in [0.25, 0.3) is 0 Å². The van der Waals surface area contributed by atoms with Crippen LogP contribution in [0.3, 0.4) is 0 Å². The smallest absolute Gasteiger partial charge is 0.191 e. The van der Waals surface area contributed by atoms with Crippen LogP contribution >= 0.6 is 24.0 Å². The van der Waals surface area contributed by atoms with Gasteiger partial charge in [-0.3, -0.25) is 9.67 Å². The van der Waals surface area contributed by atoms with Crippen LogP contribution in [-0.4, -0.2) is 60.4 Å². The molecule has 1 aliphatic carbocycles. The third kappa shape index (κ3) is 6.13. The summed E-state index contributed by atoms with van der Waals surface area (Å²) in [6.45, 7) is 7.35. The van der Waals surface area contributed by atoms with Crippen molar-refractivity contribution in [2.24, 2.45) is 18.0 Å². The van der Waals surface area contributed by atoms with Crippen molar-refractivity contribution in [2.45, 2.75) is 52.1 Å². The van der Waals surface area contributed by atoms with Crippen molar-refractivity contribution in [3.05, 3.63) is 17.0 Å². The molecule has 0 radical (unpaired) electrons. The average Bonchev–Trinajstić information content (AvgIpc) is 3.31. The summed E-state index contributed by atoms with van der Waals surface area (Å²) in [7, 11) is 8.17. The number of nitrogens with zero attached hydrogens (tertiary/aromatic N) is 4. The van der Waals surface area contributed by atoms with E-state index in [4.69, 9.17) is 0 Å². The van der Waals surface area contributed by atoms with Crippen LogP contribution in [0.4, 0.5) is 0 Å². The van der Waals surface area contributed by atoms with Crippen LogP contribution in [0.5, 0.6) is 0 Å². The number of aromatic nitrogens is 2. The molecule has 2 atom stereocenters. The van der Waals surface area contributed by atoms with E-state index in [9.17, 15) is 0 Å². The Kier molecular flexibility index (Phi) is 8.67. The Morgan fingerprint density at radius 1 is 1.36 bits per heavy atom. The fourth-order valence-electron chi connectivity index (χ4n) is 3.35. The van der Waals surface area contributed by atoms with Gasteiger partial charge in [0.05, 0.1) is 5.69 Å². The lowest BCUT2D eigenvalue weighted by molar-refractivity contribution is 0.264. The Morgan fingerprint density at radius 2 is 2.00 bits per heavy atom. The first-order valence-corrected chi connectivity index (χ1v) is 8.96. The largest absolute Gasteiger partial charge is 0.355 e. The zero-order valence-corrected chi connectivity index (χ0v) is 19.1. The second-order valence-electron chi connectivity index (χ2n) is 7.34. The van der Waals surface area contributed by atoms with Gasteiger partial charge in [0.15, 0.2) is 5.96 Å². The van der Waals surface area contributed by atoms with Gasteiger partial charge in [-0.1, -0.05) is 0 Å². The van der Waals surface area contributed by atoms with Gasteiger partial charge in [-0.2, -0.15) is 5.10 Å². The SMILES string of the molecule is CN=C(NCC(C1CC1)N(C)C)NC(C)Cc1c(C)nn(C)c1C.I. The molecule has 1 aromatic rings. The lowest BCUT2D eigenvalue weighted by Crippen LogP contribution is -2.48. The van der Waals surface area contributed by atoms with Crippen molar-refractivity contribution in [1.29, 1.82) is 0 Å². The Hall–Kier alpha value is -0.830. The molecule has 1 saturated carbocycles. The molecule has 7 heteroatoms. The first-order valence-electron chi connectivity index (χ1n) is 8.96. The maximum atomic E-state index is 4.51. The Morgan fingerprint density at radius 3 is 2.44 bits per heavy atom. The summed E-state index contributed by atoms with van der Waals surface area (Å²) < 4.78 is 1.96. The normalized spacial score (nSPS) is 17.2. The predicted octanol–water partition coefficient (Wildman–Crippen LogP) is 2.09. The molecule has 0 spiro atoms. The van der Waals surface area contributed by atoms with Gasteiger partial charge >= 0.3 is 0 Å². The molecule has 0 aromatic carbocycles. The summed E-state index contributed by atoms with van der Waals surface area (Å²) in [5.41, 5.74) is 3.69. The molecule has 0 amide bonds. The number of aryl methyl sites for hydroxylation is 2. The summed E-state index contributed by atoms with van der Waals surface area (Å²) >= 11 is 0. The first kappa shape index (κ1) is 22.2. The molecule has 1 heterocycles. The molecule has 2 N–H and O–H groups in total. The van der Waals surface area contributed by atoms with Crippen molar-refractivity contribution in [3.63, 3.8) is 0 Å². The molecular formula is C18H35IN6. The highest BCUT2D eigenvalue weighted by molar-refractivity contribution is 14.0. The van der Waals surface area contributed by atoms with Gasteiger partial charge in [-0.15, -0.1) is 24.0 Å². The van der Waals surface area contributed by atoms with E-state index < -0.39 is 0 Å². The number of aliphatic imine (C=N–C) groups is 1. The minimum absolute atomic E-state index is 0. The van der Waals surface area contributed by atoms with Gasteiger partial charge < -0.3 is 15.5 Å². The lowest BCUT2D eigenvalue weighted by Gasteiger charge is -2.26. The van der Waals surface area contributed by atoms with E-state index in [0.29, 0.717) is 12.1 Å². The fraction of sp³-hybridized carbons (Fsp3) is 0.778. The van der Waals surface area contributed by atoms with Crippen LogP contribution in [0.15, 0.2) is 4.99 Å². The highest BCUT2D eigenvalue weighted by Crippen LogP contribution is 2.34. The highest BCUT2D eigenvalue weighted by atomic mass is 127. The molecule has 0 saturated heterocycles. The Balaban J connectivity index is 0.00000312. The lowest BCUT2D eigenvalue weighted by atomic mass is 10.1. The van der Waals surface area contributed by atoms with Crippen molar-refractivity contribution in [1.82, 2.24) is 25.3 Å². The van der Waals surface area contributed by atoms with E-state index in [1.54, 1.807) is 0 Å². The molecule has 144 valence electrons. The summed E-state index contributed by atoms with van der Waals surface area (Å²) in [6, 6.07) is 0.887. The fourth-order valence-corrected chi connectivity index (χ4v) is 3.35. The minimum Gasteiger partial charge on any atom is -0.355 e. The molecular weight excluding hydrogens is 427 g/mol. The maximum absolute atomic E-state index is 4.51. The third-order valence-corrected chi connectivity index (χ3v) is 5.08. The van der Waals surface area contributed by atoms with E-state index in [1.807, 2.05) is 18.8 Å². The van der Waals surface area contributed by atoms with Gasteiger partial charge in [-0.25, -0.2) is 0 Å². The molecule has 1 aromatic heterocycles. The summed E-state index contributed by atoms with van der Waals surface area (Å²) in [4.78, 5) is 6.71. The topological polar surface area (TPSA) is 57.5 Å². The van der Waals surface area contributed by atoms with E-state index in [2.05, 4.69) is 60.5 Å². The zero-order valence-electron chi connectivity index (χ0n) is 16.8. The van der Waals surface area contributed by atoms with Gasteiger partial charge in [0.1, 0.15) is 0 Å². The minimum atomic E-state index is 0. The van der Waals surface area contributed by atoms with Crippen molar-refractivity contribution in [3.8, 4) is 0 Å². The van der Waals surface area contributed by atoms with Crippen LogP contribution in [0, 0.1) is 19.8 Å². The molecule has 25 heavy (non-hydrogen) atoms. The van der Waals surface area contributed by atoms with Crippen LogP contribution < -0.4 is 10.6 Å². The number of nitrogens with one attached hydrogen (secondary N) is 2. The first-order chi connectivity index (χ1) is 11.3. The summed E-state index contributed by atoms with van der Waals surface area (Å²) in [5, 5.41) is 11.5. The number of hydrogen-bond donors (Lipinski definition) is 2. The highest BCUT2D eigenvalue weighted by Gasteiger charge is 2.32. The third-order valence-electron chi connectivity index (χ3n) is 5.08. The molecule has 2 unspecified atom stereocenters. The predicted molar refractivity (Wildman–Crippen MR) is 116 cm³/mol. The molecule has 6 nitrogen and oxygen atoms in total. The monoisotopic (exact) mass is 462 g/mol. The standard InChI is InChI=1S/C18H34N6.HI/c1-12(10-16-13(2)22-24(7)14(16)3)21-18(19-4)20-11-17(23(5)6)15-8-9-15;/h12,15,17H,8-11H2,1-7H3,(H2,19,20,21);1H. The van der Waals surface area contributed by atoms with Gasteiger partial charge in [-0.05, 0) is 65.6 Å². The van der Waals surface area contributed by atoms with Crippen molar-refractivity contribution in [2.75, 3.05) is 27.7 Å². The quantitative estimate of drug-likeness (QED) is 0.370. The number of rotatable bonds is 7. The average molecular weight is 462 g/mol. The summed E-state index contributed by atoms with van der Waals surface area (Å²) in [6.07, 6.45) is 3.66. The Labute approximate surface area is 169 Å².